The van der Waals surface area contributed by atoms with Crippen molar-refractivity contribution in [3.63, 3.8) is 0 Å². The van der Waals surface area contributed by atoms with Gasteiger partial charge in [-0.3, -0.25) is 0 Å². The molecule has 0 aromatic heterocycles. The zero-order valence-electron chi connectivity index (χ0n) is 11.0. The third-order valence-electron chi connectivity index (χ3n) is 2.38. The van der Waals surface area contributed by atoms with E-state index in [1.807, 2.05) is 24.3 Å². The lowest BCUT2D eigenvalue weighted by atomic mass is 10.1. The van der Waals surface area contributed by atoms with Crippen LogP contribution in [0, 0.1) is 0 Å². The largest absolute Gasteiger partial charge is 0.493 e. The molecule has 0 aliphatic rings. The second-order valence-electron chi connectivity index (χ2n) is 5.14. The van der Waals surface area contributed by atoms with Gasteiger partial charge in [-0.15, -0.1) is 0 Å². The fourth-order valence-electron chi connectivity index (χ4n) is 1.49. The average molecular weight is 237 g/mol. The molecule has 3 nitrogen and oxygen atoms in total. The fourth-order valence-corrected chi connectivity index (χ4v) is 1.49. The minimum absolute atomic E-state index is 0.0242. The molecule has 0 amide bonds. The van der Waals surface area contributed by atoms with Crippen molar-refractivity contribution >= 4 is 0 Å². The molecule has 1 aromatic rings. The zero-order valence-corrected chi connectivity index (χ0v) is 11.0. The Kier molecular flexibility index (Phi) is 5.45. The number of ether oxygens (including phenoxy) is 1. The summed E-state index contributed by atoms with van der Waals surface area (Å²) in [5, 5.41) is 12.5. The van der Waals surface area contributed by atoms with Crippen molar-refractivity contribution in [2.75, 3.05) is 13.2 Å². The smallest absolute Gasteiger partial charge is 0.124 e. The Balaban J connectivity index is 2.27. The molecular weight excluding hydrogens is 214 g/mol. The van der Waals surface area contributed by atoms with E-state index in [-0.39, 0.29) is 12.1 Å². The first kappa shape index (κ1) is 14.0. The van der Waals surface area contributed by atoms with Gasteiger partial charge < -0.3 is 15.2 Å². The molecule has 96 valence electrons. The Morgan fingerprint density at radius 1 is 1.24 bits per heavy atom. The number of hydrogen-bond acceptors (Lipinski definition) is 3. The van der Waals surface area contributed by atoms with E-state index in [1.54, 1.807) is 0 Å². The van der Waals surface area contributed by atoms with Crippen molar-refractivity contribution in [2.45, 2.75) is 39.3 Å². The van der Waals surface area contributed by atoms with Gasteiger partial charge in [0.25, 0.3) is 0 Å². The molecule has 0 heterocycles. The number of para-hydroxylation sites is 1. The van der Waals surface area contributed by atoms with Gasteiger partial charge in [0.05, 0.1) is 13.2 Å². The quantitative estimate of drug-likeness (QED) is 0.746. The first-order chi connectivity index (χ1) is 8.03. The fraction of sp³-hybridized carbons (Fsp3) is 0.571. The summed E-state index contributed by atoms with van der Waals surface area (Å²) >= 11 is 0. The Bertz CT molecular complexity index is 331. The first-order valence-electron chi connectivity index (χ1n) is 6.09. The molecule has 0 atom stereocenters. The van der Waals surface area contributed by atoms with E-state index >= 15 is 0 Å². The van der Waals surface area contributed by atoms with Crippen molar-refractivity contribution in [1.29, 1.82) is 0 Å². The summed E-state index contributed by atoms with van der Waals surface area (Å²) in [4.78, 5) is 0. The normalized spacial score (nSPS) is 11.5. The second kappa shape index (κ2) is 6.62. The molecule has 0 radical (unpaired) electrons. The van der Waals surface area contributed by atoms with Crippen molar-refractivity contribution in [3.05, 3.63) is 29.8 Å². The van der Waals surface area contributed by atoms with E-state index < -0.39 is 0 Å². The highest BCUT2D eigenvalue weighted by Gasteiger charge is 2.07. The third kappa shape index (κ3) is 5.71. The summed E-state index contributed by atoms with van der Waals surface area (Å²) < 4.78 is 5.64. The monoisotopic (exact) mass is 237 g/mol. The Morgan fingerprint density at radius 3 is 2.59 bits per heavy atom. The van der Waals surface area contributed by atoms with Crippen molar-refractivity contribution < 1.29 is 9.84 Å². The molecule has 0 fully saturated rings. The zero-order chi connectivity index (χ0) is 12.7. The molecule has 0 saturated carbocycles. The topological polar surface area (TPSA) is 41.5 Å². The number of rotatable bonds is 6. The SMILES string of the molecule is CC(C)(C)NCCCOc1ccccc1CO. The number of hydrogen-bond donors (Lipinski definition) is 2. The van der Waals surface area contributed by atoms with E-state index in [4.69, 9.17) is 9.84 Å². The highest BCUT2D eigenvalue weighted by atomic mass is 16.5. The van der Waals surface area contributed by atoms with E-state index in [1.165, 1.54) is 0 Å². The van der Waals surface area contributed by atoms with Crippen LogP contribution < -0.4 is 10.1 Å². The Morgan fingerprint density at radius 2 is 1.94 bits per heavy atom. The molecule has 17 heavy (non-hydrogen) atoms. The van der Waals surface area contributed by atoms with Crippen LogP contribution in [0.2, 0.25) is 0 Å². The minimum atomic E-state index is 0.0242. The van der Waals surface area contributed by atoms with Crippen molar-refractivity contribution in [3.8, 4) is 5.75 Å². The van der Waals surface area contributed by atoms with E-state index in [9.17, 15) is 0 Å². The predicted molar refractivity (Wildman–Crippen MR) is 70.2 cm³/mol. The highest BCUT2D eigenvalue weighted by Crippen LogP contribution is 2.17. The lowest BCUT2D eigenvalue weighted by molar-refractivity contribution is 0.259. The summed E-state index contributed by atoms with van der Waals surface area (Å²) in [5.74, 6) is 0.783. The lowest BCUT2D eigenvalue weighted by Gasteiger charge is -2.20. The van der Waals surface area contributed by atoms with Crippen LogP contribution in [0.15, 0.2) is 24.3 Å². The average Bonchev–Trinajstić information content (AvgIpc) is 2.27. The molecule has 2 N–H and O–H groups in total. The van der Waals surface area contributed by atoms with Gasteiger partial charge in [-0.05, 0) is 39.8 Å². The molecule has 3 heteroatoms. The molecule has 0 unspecified atom stereocenters. The van der Waals surface area contributed by atoms with Gasteiger partial charge in [0.1, 0.15) is 5.75 Å². The molecule has 0 saturated heterocycles. The number of benzene rings is 1. The van der Waals surface area contributed by atoms with Gasteiger partial charge in [-0.25, -0.2) is 0 Å². The molecule has 0 aliphatic carbocycles. The number of nitrogens with one attached hydrogen (secondary N) is 1. The highest BCUT2D eigenvalue weighted by molar-refractivity contribution is 5.32. The summed E-state index contributed by atoms with van der Waals surface area (Å²) in [7, 11) is 0. The molecule has 1 rings (SSSR count). The second-order valence-corrected chi connectivity index (χ2v) is 5.14. The van der Waals surface area contributed by atoms with Crippen LogP contribution in [0.5, 0.6) is 5.75 Å². The van der Waals surface area contributed by atoms with E-state index in [2.05, 4.69) is 26.1 Å². The van der Waals surface area contributed by atoms with Gasteiger partial charge in [0, 0.05) is 11.1 Å². The van der Waals surface area contributed by atoms with Crippen LogP contribution in [0.3, 0.4) is 0 Å². The predicted octanol–water partition coefficient (Wildman–Crippen LogP) is 2.34. The summed E-state index contributed by atoms with van der Waals surface area (Å²) in [6.07, 6.45) is 0.955. The van der Waals surface area contributed by atoms with Crippen LogP contribution in [-0.4, -0.2) is 23.8 Å². The van der Waals surface area contributed by atoms with Crippen molar-refractivity contribution in [1.82, 2.24) is 5.32 Å². The summed E-state index contributed by atoms with van der Waals surface area (Å²) in [6, 6.07) is 7.59. The summed E-state index contributed by atoms with van der Waals surface area (Å²) in [5.41, 5.74) is 1.000. The number of aliphatic hydroxyl groups excluding tert-OH is 1. The van der Waals surface area contributed by atoms with Crippen LogP contribution in [0.1, 0.15) is 32.8 Å². The van der Waals surface area contributed by atoms with Crippen LogP contribution in [0.25, 0.3) is 0 Å². The van der Waals surface area contributed by atoms with Gasteiger partial charge in [0.2, 0.25) is 0 Å². The van der Waals surface area contributed by atoms with Crippen LogP contribution in [0.4, 0.5) is 0 Å². The summed E-state index contributed by atoms with van der Waals surface area (Å²) in [6.45, 7) is 8.07. The molecule has 0 bridgehead atoms. The van der Waals surface area contributed by atoms with Gasteiger partial charge in [0.15, 0.2) is 0 Å². The van der Waals surface area contributed by atoms with Crippen molar-refractivity contribution in [2.24, 2.45) is 0 Å². The van der Waals surface area contributed by atoms with Gasteiger partial charge >= 0.3 is 0 Å². The van der Waals surface area contributed by atoms with Gasteiger partial charge in [-0.1, -0.05) is 18.2 Å². The van der Waals surface area contributed by atoms with Crippen LogP contribution in [-0.2, 0) is 6.61 Å². The molecular formula is C14H23NO2. The first-order valence-corrected chi connectivity index (χ1v) is 6.09. The maximum atomic E-state index is 9.14. The molecule has 0 spiro atoms. The van der Waals surface area contributed by atoms with E-state index in [0.717, 1.165) is 24.3 Å². The Hall–Kier alpha value is -1.06. The van der Waals surface area contributed by atoms with E-state index in [0.29, 0.717) is 6.61 Å². The van der Waals surface area contributed by atoms with Crippen LogP contribution >= 0.6 is 0 Å². The maximum absolute atomic E-state index is 9.14. The molecule has 0 aliphatic heterocycles. The lowest BCUT2D eigenvalue weighted by Crippen LogP contribution is -2.36. The number of aliphatic hydroxyl groups is 1. The standard InChI is InChI=1S/C14H23NO2/c1-14(2,3)15-9-6-10-17-13-8-5-4-7-12(13)11-16/h4-5,7-8,15-16H,6,9-11H2,1-3H3. The molecule has 1 aromatic carbocycles. The van der Waals surface area contributed by atoms with Gasteiger partial charge in [-0.2, -0.15) is 0 Å². The maximum Gasteiger partial charge on any atom is 0.124 e. The Labute approximate surface area is 104 Å². The third-order valence-corrected chi connectivity index (χ3v) is 2.38. The minimum Gasteiger partial charge on any atom is -0.493 e.